The molecule has 1 amide bonds. The van der Waals surface area contributed by atoms with Crippen LogP contribution in [0.15, 0.2) is 0 Å². The van der Waals surface area contributed by atoms with E-state index in [0.29, 0.717) is 23.3 Å². The standard InChI is InChI=1S/C15H26N2O/c1-17(12-5-4-9-16-10-6-12)14(18)13-11-15(13)7-2-3-8-15/h12-13,16H,2-11H2,1H3. The average Bonchev–Trinajstić information content (AvgIpc) is 2.98. The van der Waals surface area contributed by atoms with Crippen molar-refractivity contribution in [3.63, 3.8) is 0 Å². The van der Waals surface area contributed by atoms with E-state index >= 15 is 0 Å². The Hall–Kier alpha value is -0.570. The molecule has 0 bridgehead atoms. The van der Waals surface area contributed by atoms with Crippen LogP contribution in [0.4, 0.5) is 0 Å². The number of carbonyl (C=O) groups is 1. The van der Waals surface area contributed by atoms with Crippen LogP contribution in [0.3, 0.4) is 0 Å². The number of hydrogen-bond acceptors (Lipinski definition) is 2. The fourth-order valence-electron chi connectivity index (χ4n) is 4.14. The summed E-state index contributed by atoms with van der Waals surface area (Å²) in [5, 5.41) is 3.43. The quantitative estimate of drug-likeness (QED) is 0.814. The zero-order valence-corrected chi connectivity index (χ0v) is 11.6. The highest BCUT2D eigenvalue weighted by atomic mass is 16.2. The van der Waals surface area contributed by atoms with Crippen LogP contribution in [0.2, 0.25) is 0 Å². The van der Waals surface area contributed by atoms with E-state index in [1.165, 1.54) is 44.9 Å². The van der Waals surface area contributed by atoms with Gasteiger partial charge in [-0.15, -0.1) is 0 Å². The zero-order chi connectivity index (χ0) is 12.6. The number of carbonyl (C=O) groups excluding carboxylic acids is 1. The molecule has 2 atom stereocenters. The number of nitrogens with one attached hydrogen (secondary N) is 1. The van der Waals surface area contributed by atoms with Crippen molar-refractivity contribution in [3.8, 4) is 0 Å². The molecule has 2 unspecified atom stereocenters. The lowest BCUT2D eigenvalue weighted by Crippen LogP contribution is -2.39. The number of nitrogens with zero attached hydrogens (tertiary/aromatic N) is 1. The van der Waals surface area contributed by atoms with Crippen LogP contribution < -0.4 is 5.32 Å². The van der Waals surface area contributed by atoms with Gasteiger partial charge in [0, 0.05) is 19.0 Å². The Morgan fingerprint density at radius 2 is 1.94 bits per heavy atom. The lowest BCUT2D eigenvalue weighted by atomic mass is 10.0. The molecule has 1 heterocycles. The van der Waals surface area contributed by atoms with Gasteiger partial charge in [-0.2, -0.15) is 0 Å². The molecule has 3 aliphatic rings. The molecule has 3 heteroatoms. The van der Waals surface area contributed by atoms with Gasteiger partial charge >= 0.3 is 0 Å². The Morgan fingerprint density at radius 3 is 2.72 bits per heavy atom. The Balaban J connectivity index is 1.58. The molecule has 0 aromatic carbocycles. The molecule has 3 fully saturated rings. The van der Waals surface area contributed by atoms with Crippen molar-refractivity contribution in [3.05, 3.63) is 0 Å². The highest BCUT2D eigenvalue weighted by Gasteiger charge is 2.59. The molecule has 2 saturated carbocycles. The molecule has 0 aromatic heterocycles. The molecular formula is C15H26N2O. The summed E-state index contributed by atoms with van der Waals surface area (Å²) in [5.41, 5.74) is 0.453. The van der Waals surface area contributed by atoms with Gasteiger partial charge in [-0.25, -0.2) is 0 Å². The summed E-state index contributed by atoms with van der Waals surface area (Å²) in [6.07, 6.45) is 10.0. The molecule has 102 valence electrons. The SMILES string of the molecule is CN(C(=O)C1CC12CCCC2)C1CCCNCC1. The first-order valence-corrected chi connectivity index (χ1v) is 7.70. The van der Waals surface area contributed by atoms with Gasteiger partial charge < -0.3 is 10.2 Å². The van der Waals surface area contributed by atoms with E-state index in [-0.39, 0.29) is 0 Å². The second kappa shape index (κ2) is 4.84. The summed E-state index contributed by atoms with van der Waals surface area (Å²) in [6, 6.07) is 0.478. The van der Waals surface area contributed by atoms with Crippen LogP contribution in [0.5, 0.6) is 0 Å². The van der Waals surface area contributed by atoms with Crippen molar-refractivity contribution in [1.29, 1.82) is 0 Å². The van der Waals surface area contributed by atoms with Crippen molar-refractivity contribution in [1.82, 2.24) is 10.2 Å². The van der Waals surface area contributed by atoms with Crippen molar-refractivity contribution >= 4 is 5.91 Å². The largest absolute Gasteiger partial charge is 0.342 e. The van der Waals surface area contributed by atoms with Gasteiger partial charge in [0.1, 0.15) is 0 Å². The second-order valence-electron chi connectivity index (χ2n) is 6.61. The van der Waals surface area contributed by atoms with Crippen molar-refractivity contribution < 1.29 is 4.79 Å². The molecule has 18 heavy (non-hydrogen) atoms. The fraction of sp³-hybridized carbons (Fsp3) is 0.933. The minimum Gasteiger partial charge on any atom is -0.342 e. The van der Waals surface area contributed by atoms with Gasteiger partial charge in [0.15, 0.2) is 0 Å². The molecule has 0 aromatic rings. The third kappa shape index (κ3) is 2.18. The highest BCUT2D eigenvalue weighted by Crippen LogP contribution is 2.63. The summed E-state index contributed by atoms with van der Waals surface area (Å²) >= 11 is 0. The van der Waals surface area contributed by atoms with Gasteiger partial charge in [0.25, 0.3) is 0 Å². The van der Waals surface area contributed by atoms with Crippen molar-refractivity contribution in [2.24, 2.45) is 11.3 Å². The third-order valence-corrected chi connectivity index (χ3v) is 5.53. The van der Waals surface area contributed by atoms with Gasteiger partial charge in [0.2, 0.25) is 5.91 Å². The first-order valence-electron chi connectivity index (χ1n) is 7.70. The molecule has 1 N–H and O–H groups in total. The number of amides is 1. The highest BCUT2D eigenvalue weighted by molar-refractivity contribution is 5.82. The van der Waals surface area contributed by atoms with Crippen LogP contribution in [-0.4, -0.2) is 37.0 Å². The molecular weight excluding hydrogens is 224 g/mol. The van der Waals surface area contributed by atoms with Gasteiger partial charge in [0.05, 0.1) is 0 Å². The summed E-state index contributed by atoms with van der Waals surface area (Å²) in [7, 11) is 2.04. The monoisotopic (exact) mass is 250 g/mol. The lowest BCUT2D eigenvalue weighted by Gasteiger charge is -2.28. The van der Waals surface area contributed by atoms with E-state index in [0.717, 1.165) is 19.5 Å². The first-order chi connectivity index (χ1) is 8.73. The maximum absolute atomic E-state index is 12.6. The predicted octanol–water partition coefficient (Wildman–Crippen LogP) is 2.17. The molecule has 0 radical (unpaired) electrons. The van der Waals surface area contributed by atoms with Crippen LogP contribution >= 0.6 is 0 Å². The van der Waals surface area contributed by atoms with E-state index < -0.39 is 0 Å². The zero-order valence-electron chi connectivity index (χ0n) is 11.6. The molecule has 1 spiro atoms. The van der Waals surface area contributed by atoms with Crippen LogP contribution in [0.25, 0.3) is 0 Å². The van der Waals surface area contributed by atoms with Crippen molar-refractivity contribution in [2.45, 2.75) is 57.4 Å². The molecule has 1 aliphatic heterocycles. The fourth-order valence-corrected chi connectivity index (χ4v) is 4.14. The Kier molecular flexibility index (Phi) is 3.35. The second-order valence-corrected chi connectivity index (χ2v) is 6.61. The maximum atomic E-state index is 12.6. The summed E-state index contributed by atoms with van der Waals surface area (Å²) in [5.74, 6) is 0.824. The topological polar surface area (TPSA) is 32.3 Å². The van der Waals surface area contributed by atoms with Gasteiger partial charge in [-0.1, -0.05) is 12.8 Å². The molecule has 1 saturated heterocycles. The lowest BCUT2D eigenvalue weighted by molar-refractivity contribution is -0.134. The normalized spacial score (nSPS) is 34.3. The van der Waals surface area contributed by atoms with Crippen molar-refractivity contribution in [2.75, 3.05) is 20.1 Å². The van der Waals surface area contributed by atoms with Crippen LogP contribution in [0, 0.1) is 11.3 Å². The van der Waals surface area contributed by atoms with Gasteiger partial charge in [-0.3, -0.25) is 4.79 Å². The van der Waals surface area contributed by atoms with E-state index in [1.54, 1.807) is 0 Å². The Labute approximate surface area is 110 Å². The van der Waals surface area contributed by atoms with E-state index in [4.69, 9.17) is 0 Å². The Bertz CT molecular complexity index is 314. The van der Waals surface area contributed by atoms with E-state index in [2.05, 4.69) is 10.2 Å². The maximum Gasteiger partial charge on any atom is 0.226 e. The minimum absolute atomic E-state index is 0.376. The molecule has 3 nitrogen and oxygen atoms in total. The first kappa shape index (κ1) is 12.5. The number of rotatable bonds is 2. The van der Waals surface area contributed by atoms with E-state index in [1.807, 2.05) is 7.05 Å². The smallest absolute Gasteiger partial charge is 0.226 e. The third-order valence-electron chi connectivity index (χ3n) is 5.53. The minimum atomic E-state index is 0.376. The van der Waals surface area contributed by atoms with E-state index in [9.17, 15) is 4.79 Å². The van der Waals surface area contributed by atoms with Crippen LogP contribution in [-0.2, 0) is 4.79 Å². The summed E-state index contributed by atoms with van der Waals surface area (Å²) in [4.78, 5) is 14.7. The molecule has 2 aliphatic carbocycles. The van der Waals surface area contributed by atoms with Crippen LogP contribution in [0.1, 0.15) is 51.4 Å². The summed E-state index contributed by atoms with van der Waals surface area (Å²) in [6.45, 7) is 2.18. The predicted molar refractivity (Wildman–Crippen MR) is 72.3 cm³/mol. The summed E-state index contributed by atoms with van der Waals surface area (Å²) < 4.78 is 0. The Morgan fingerprint density at radius 1 is 1.17 bits per heavy atom. The average molecular weight is 250 g/mol. The number of hydrogen-bond donors (Lipinski definition) is 1. The van der Waals surface area contributed by atoms with Gasteiger partial charge in [-0.05, 0) is 57.0 Å². The molecule has 3 rings (SSSR count).